The van der Waals surface area contributed by atoms with Gasteiger partial charge in [0.2, 0.25) is 0 Å². The highest BCUT2D eigenvalue weighted by atomic mass is 16.5. The first-order chi connectivity index (χ1) is 6.15. The number of hydrogen-bond donors (Lipinski definition) is 2. The van der Waals surface area contributed by atoms with Crippen LogP contribution in [0.15, 0.2) is 18.2 Å². The molecule has 4 nitrogen and oxygen atoms in total. The van der Waals surface area contributed by atoms with Crippen molar-refractivity contribution in [2.45, 2.75) is 6.92 Å². The monoisotopic (exact) mass is 180 g/mol. The van der Waals surface area contributed by atoms with Crippen LogP contribution in [-0.2, 0) is 0 Å². The first-order valence-electron chi connectivity index (χ1n) is 3.97. The maximum absolute atomic E-state index is 10.9. The number of nitrogen functional groups attached to an aromatic ring is 1. The number of amides is 1. The number of anilines is 1. The fourth-order valence-electron chi connectivity index (χ4n) is 1.01. The summed E-state index contributed by atoms with van der Waals surface area (Å²) in [4.78, 5) is 10.9. The molecule has 0 fully saturated rings. The summed E-state index contributed by atoms with van der Waals surface area (Å²) in [6.07, 6.45) is 0. The number of ether oxygens (including phenoxy) is 1. The Morgan fingerprint density at radius 2 is 2.23 bits per heavy atom. The molecule has 0 spiro atoms. The second kappa shape index (κ2) is 3.80. The van der Waals surface area contributed by atoms with Gasteiger partial charge in [0.15, 0.2) is 0 Å². The van der Waals surface area contributed by atoms with E-state index < -0.39 is 5.91 Å². The average Bonchev–Trinajstić information content (AvgIpc) is 2.08. The molecule has 0 saturated carbocycles. The van der Waals surface area contributed by atoms with E-state index in [0.29, 0.717) is 23.6 Å². The van der Waals surface area contributed by atoms with Crippen molar-refractivity contribution >= 4 is 11.6 Å². The summed E-state index contributed by atoms with van der Waals surface area (Å²) in [5.41, 5.74) is 11.3. The Morgan fingerprint density at radius 3 is 2.77 bits per heavy atom. The molecule has 1 aromatic carbocycles. The minimum Gasteiger partial charge on any atom is -0.494 e. The van der Waals surface area contributed by atoms with Crippen LogP contribution < -0.4 is 16.2 Å². The van der Waals surface area contributed by atoms with E-state index in [1.165, 1.54) is 0 Å². The SMILES string of the molecule is CCOc1ccc(N)c(C(N)=O)c1. The summed E-state index contributed by atoms with van der Waals surface area (Å²) < 4.78 is 5.19. The standard InChI is InChI=1S/C9H12N2O2/c1-2-13-6-3-4-8(10)7(5-6)9(11)12/h3-5H,2,10H2,1H3,(H2,11,12). The average molecular weight is 180 g/mol. The molecule has 13 heavy (non-hydrogen) atoms. The van der Waals surface area contributed by atoms with Crippen LogP contribution in [0.1, 0.15) is 17.3 Å². The van der Waals surface area contributed by atoms with Crippen molar-refractivity contribution in [3.63, 3.8) is 0 Å². The summed E-state index contributed by atoms with van der Waals surface area (Å²) >= 11 is 0. The lowest BCUT2D eigenvalue weighted by atomic mass is 10.1. The summed E-state index contributed by atoms with van der Waals surface area (Å²) in [5, 5.41) is 0. The Kier molecular flexibility index (Phi) is 2.74. The van der Waals surface area contributed by atoms with Crippen LogP contribution in [0.4, 0.5) is 5.69 Å². The summed E-state index contributed by atoms with van der Waals surface area (Å²) in [6, 6.07) is 4.84. The molecule has 0 saturated heterocycles. The number of carbonyl (C=O) groups excluding carboxylic acids is 1. The van der Waals surface area contributed by atoms with Gasteiger partial charge in [0, 0.05) is 5.69 Å². The van der Waals surface area contributed by atoms with Gasteiger partial charge in [-0.05, 0) is 25.1 Å². The Balaban J connectivity index is 3.04. The van der Waals surface area contributed by atoms with Crippen molar-refractivity contribution < 1.29 is 9.53 Å². The molecular weight excluding hydrogens is 168 g/mol. The number of rotatable bonds is 3. The Morgan fingerprint density at radius 1 is 1.54 bits per heavy atom. The maximum atomic E-state index is 10.9. The smallest absolute Gasteiger partial charge is 0.250 e. The number of hydrogen-bond acceptors (Lipinski definition) is 3. The molecule has 0 aliphatic heterocycles. The molecule has 1 amide bonds. The third-order valence-corrected chi connectivity index (χ3v) is 1.60. The first-order valence-corrected chi connectivity index (χ1v) is 3.97. The van der Waals surface area contributed by atoms with Crippen molar-refractivity contribution in [1.29, 1.82) is 0 Å². The van der Waals surface area contributed by atoms with E-state index in [2.05, 4.69) is 0 Å². The van der Waals surface area contributed by atoms with Gasteiger partial charge in [0.25, 0.3) is 5.91 Å². The van der Waals surface area contributed by atoms with E-state index in [9.17, 15) is 4.79 Å². The van der Waals surface area contributed by atoms with Gasteiger partial charge >= 0.3 is 0 Å². The fraction of sp³-hybridized carbons (Fsp3) is 0.222. The second-order valence-corrected chi connectivity index (χ2v) is 2.55. The lowest BCUT2D eigenvalue weighted by Crippen LogP contribution is -2.13. The predicted molar refractivity (Wildman–Crippen MR) is 50.5 cm³/mol. The molecule has 0 radical (unpaired) electrons. The zero-order chi connectivity index (χ0) is 9.84. The van der Waals surface area contributed by atoms with Crippen LogP contribution in [0, 0.1) is 0 Å². The maximum Gasteiger partial charge on any atom is 0.250 e. The van der Waals surface area contributed by atoms with E-state index in [1.807, 2.05) is 6.92 Å². The quantitative estimate of drug-likeness (QED) is 0.674. The summed E-state index contributed by atoms with van der Waals surface area (Å²) in [6.45, 7) is 2.41. The van der Waals surface area contributed by atoms with E-state index in [1.54, 1.807) is 18.2 Å². The molecule has 0 aliphatic carbocycles. The highest BCUT2D eigenvalue weighted by Gasteiger charge is 2.06. The minimum atomic E-state index is -0.543. The molecule has 0 unspecified atom stereocenters. The normalized spacial score (nSPS) is 9.62. The van der Waals surface area contributed by atoms with E-state index >= 15 is 0 Å². The highest BCUT2D eigenvalue weighted by Crippen LogP contribution is 2.18. The third kappa shape index (κ3) is 2.11. The molecule has 1 aromatic rings. The third-order valence-electron chi connectivity index (χ3n) is 1.60. The van der Waals surface area contributed by atoms with Crippen molar-refractivity contribution in [1.82, 2.24) is 0 Å². The molecular formula is C9H12N2O2. The minimum absolute atomic E-state index is 0.297. The molecule has 4 N–H and O–H groups in total. The van der Waals surface area contributed by atoms with E-state index in [-0.39, 0.29) is 0 Å². The van der Waals surface area contributed by atoms with Crippen LogP contribution in [-0.4, -0.2) is 12.5 Å². The van der Waals surface area contributed by atoms with Crippen LogP contribution in [0.5, 0.6) is 5.75 Å². The van der Waals surface area contributed by atoms with E-state index in [0.717, 1.165) is 0 Å². The topological polar surface area (TPSA) is 78.3 Å². The van der Waals surface area contributed by atoms with Gasteiger partial charge in [-0.3, -0.25) is 4.79 Å². The molecule has 1 rings (SSSR count). The first kappa shape index (κ1) is 9.38. The molecule has 0 aliphatic rings. The number of benzene rings is 1. The van der Waals surface area contributed by atoms with Gasteiger partial charge in [0.1, 0.15) is 5.75 Å². The largest absolute Gasteiger partial charge is 0.494 e. The lowest BCUT2D eigenvalue weighted by Gasteiger charge is -2.06. The van der Waals surface area contributed by atoms with Crippen molar-refractivity contribution in [2.24, 2.45) is 5.73 Å². The van der Waals surface area contributed by atoms with Gasteiger partial charge in [-0.1, -0.05) is 0 Å². The molecule has 0 atom stereocenters. The van der Waals surface area contributed by atoms with Crippen molar-refractivity contribution in [3.8, 4) is 5.75 Å². The lowest BCUT2D eigenvalue weighted by molar-refractivity contribution is 0.100. The summed E-state index contributed by atoms with van der Waals surface area (Å²) in [7, 11) is 0. The molecule has 70 valence electrons. The van der Waals surface area contributed by atoms with Crippen molar-refractivity contribution in [3.05, 3.63) is 23.8 Å². The van der Waals surface area contributed by atoms with Crippen LogP contribution in [0.25, 0.3) is 0 Å². The van der Waals surface area contributed by atoms with Crippen LogP contribution in [0.3, 0.4) is 0 Å². The molecule has 0 bridgehead atoms. The molecule has 0 heterocycles. The second-order valence-electron chi connectivity index (χ2n) is 2.55. The highest BCUT2D eigenvalue weighted by molar-refractivity contribution is 5.98. The van der Waals surface area contributed by atoms with Gasteiger partial charge in [-0.2, -0.15) is 0 Å². The number of carbonyl (C=O) groups is 1. The summed E-state index contributed by atoms with van der Waals surface area (Å²) in [5.74, 6) is 0.0598. The zero-order valence-corrected chi connectivity index (χ0v) is 7.41. The fourth-order valence-corrected chi connectivity index (χ4v) is 1.01. The Labute approximate surface area is 76.5 Å². The van der Waals surface area contributed by atoms with Gasteiger partial charge in [-0.15, -0.1) is 0 Å². The number of primary amides is 1. The van der Waals surface area contributed by atoms with Gasteiger partial charge in [-0.25, -0.2) is 0 Å². The molecule has 0 aromatic heterocycles. The van der Waals surface area contributed by atoms with Gasteiger partial charge < -0.3 is 16.2 Å². The van der Waals surface area contributed by atoms with E-state index in [4.69, 9.17) is 16.2 Å². The number of nitrogens with two attached hydrogens (primary N) is 2. The van der Waals surface area contributed by atoms with Crippen LogP contribution >= 0.6 is 0 Å². The zero-order valence-electron chi connectivity index (χ0n) is 7.41. The Hall–Kier alpha value is -1.71. The Bertz CT molecular complexity index is 323. The predicted octanol–water partition coefficient (Wildman–Crippen LogP) is 0.766. The van der Waals surface area contributed by atoms with Gasteiger partial charge in [0.05, 0.1) is 12.2 Å². The van der Waals surface area contributed by atoms with Crippen molar-refractivity contribution in [2.75, 3.05) is 12.3 Å². The molecule has 4 heteroatoms. The van der Waals surface area contributed by atoms with Crippen LogP contribution in [0.2, 0.25) is 0 Å².